The highest BCUT2D eigenvalue weighted by Crippen LogP contribution is 2.27. The van der Waals surface area contributed by atoms with Crippen molar-refractivity contribution in [2.45, 2.75) is 38.1 Å². The van der Waals surface area contributed by atoms with Crippen molar-refractivity contribution in [3.63, 3.8) is 0 Å². The Hall–Kier alpha value is 0.01000. The highest BCUT2D eigenvalue weighted by atomic mass is 79.9. The highest BCUT2D eigenvalue weighted by Gasteiger charge is 2.03. The van der Waals surface area contributed by atoms with Gasteiger partial charge in [-0.15, -0.1) is 11.8 Å². The van der Waals surface area contributed by atoms with Crippen LogP contribution in [0.5, 0.6) is 0 Å². The molecular weight excluding hydrogens is 282 g/mol. The average Bonchev–Trinajstić information content (AvgIpc) is 2.29. The van der Waals surface area contributed by atoms with Crippen molar-refractivity contribution in [1.82, 2.24) is 5.32 Å². The number of benzene rings is 1. The lowest BCUT2D eigenvalue weighted by Gasteiger charge is -2.10. The zero-order valence-corrected chi connectivity index (χ0v) is 12.5. The fourth-order valence-corrected chi connectivity index (χ4v) is 2.89. The van der Waals surface area contributed by atoms with Crippen LogP contribution in [-0.2, 0) is 6.54 Å². The smallest absolute Gasteiger partial charge is 0.0216 e. The summed E-state index contributed by atoms with van der Waals surface area (Å²) in [6.07, 6.45) is 2.41. The van der Waals surface area contributed by atoms with E-state index in [1.165, 1.54) is 33.5 Å². The van der Waals surface area contributed by atoms with Gasteiger partial charge in [-0.1, -0.05) is 35.8 Å². The van der Waals surface area contributed by atoms with Crippen LogP contribution in [0.15, 0.2) is 27.6 Å². The van der Waals surface area contributed by atoms with Gasteiger partial charge in [0.1, 0.15) is 0 Å². The summed E-state index contributed by atoms with van der Waals surface area (Å²) in [6.45, 7) is 6.49. The van der Waals surface area contributed by atoms with Crippen molar-refractivity contribution in [1.29, 1.82) is 0 Å². The summed E-state index contributed by atoms with van der Waals surface area (Å²) in [5, 5.41) is 3.46. The van der Waals surface area contributed by atoms with Crippen LogP contribution >= 0.6 is 27.7 Å². The van der Waals surface area contributed by atoms with Gasteiger partial charge in [0.05, 0.1) is 0 Å². The van der Waals surface area contributed by atoms with E-state index >= 15 is 0 Å². The van der Waals surface area contributed by atoms with Crippen LogP contribution in [-0.4, -0.2) is 12.3 Å². The van der Waals surface area contributed by atoms with Crippen LogP contribution in [0.25, 0.3) is 0 Å². The Morgan fingerprint density at radius 1 is 1.25 bits per heavy atom. The third-order valence-corrected chi connectivity index (χ3v) is 4.03. The van der Waals surface area contributed by atoms with Gasteiger partial charge in [0, 0.05) is 15.9 Å². The molecule has 1 N–H and O–H groups in total. The number of thioether (sulfide) groups is 1. The Morgan fingerprint density at radius 3 is 2.75 bits per heavy atom. The van der Waals surface area contributed by atoms with E-state index in [0.29, 0.717) is 0 Å². The Balaban J connectivity index is 2.64. The summed E-state index contributed by atoms with van der Waals surface area (Å²) in [4.78, 5) is 1.40. The molecule has 16 heavy (non-hydrogen) atoms. The Bertz CT molecular complexity index is 315. The number of hydrogen-bond donors (Lipinski definition) is 1. The molecule has 0 fully saturated rings. The summed E-state index contributed by atoms with van der Waals surface area (Å²) in [6, 6.07) is 6.56. The quantitative estimate of drug-likeness (QED) is 0.590. The molecule has 1 rings (SSSR count). The van der Waals surface area contributed by atoms with E-state index in [1.807, 2.05) is 11.8 Å². The molecule has 0 aliphatic carbocycles. The number of halogens is 1. The van der Waals surface area contributed by atoms with Gasteiger partial charge in [0.2, 0.25) is 0 Å². The second-order valence-corrected chi connectivity index (χ2v) is 5.83. The monoisotopic (exact) mass is 301 g/mol. The van der Waals surface area contributed by atoms with Gasteiger partial charge in [-0.3, -0.25) is 0 Å². The molecule has 0 spiro atoms. The van der Waals surface area contributed by atoms with Crippen molar-refractivity contribution in [3.05, 3.63) is 28.2 Å². The lowest BCUT2D eigenvalue weighted by molar-refractivity contribution is 0.669. The fraction of sp³-hybridized carbons (Fsp3) is 0.538. The molecule has 0 aliphatic rings. The number of hydrogen-bond acceptors (Lipinski definition) is 2. The molecule has 0 amide bonds. The Labute approximate surface area is 112 Å². The zero-order valence-electron chi connectivity index (χ0n) is 10.1. The largest absolute Gasteiger partial charge is 0.313 e. The molecule has 0 atom stereocenters. The minimum atomic E-state index is 0.979. The first-order chi connectivity index (χ1) is 7.77. The van der Waals surface area contributed by atoms with Crippen LogP contribution < -0.4 is 5.32 Å². The van der Waals surface area contributed by atoms with Crippen molar-refractivity contribution in [2.75, 3.05) is 12.3 Å². The van der Waals surface area contributed by atoms with Gasteiger partial charge >= 0.3 is 0 Å². The van der Waals surface area contributed by atoms with Gasteiger partial charge in [-0.25, -0.2) is 0 Å². The lowest BCUT2D eigenvalue weighted by atomic mass is 10.2. The van der Waals surface area contributed by atoms with E-state index in [-0.39, 0.29) is 0 Å². The van der Waals surface area contributed by atoms with E-state index in [4.69, 9.17) is 0 Å². The SMILES string of the molecule is CCCNCc1ccc(Br)cc1SCCC. The Kier molecular flexibility index (Phi) is 7.17. The maximum absolute atomic E-state index is 3.54. The van der Waals surface area contributed by atoms with Crippen molar-refractivity contribution >= 4 is 27.7 Å². The molecule has 0 radical (unpaired) electrons. The maximum Gasteiger partial charge on any atom is 0.0216 e. The molecule has 0 unspecified atom stereocenters. The minimum Gasteiger partial charge on any atom is -0.313 e. The predicted molar refractivity (Wildman–Crippen MR) is 77.2 cm³/mol. The molecule has 3 heteroatoms. The highest BCUT2D eigenvalue weighted by molar-refractivity contribution is 9.10. The molecule has 0 heterocycles. The van der Waals surface area contributed by atoms with Crippen molar-refractivity contribution < 1.29 is 0 Å². The van der Waals surface area contributed by atoms with Crippen LogP contribution in [0.3, 0.4) is 0 Å². The minimum absolute atomic E-state index is 0.979. The molecule has 0 aliphatic heterocycles. The fourth-order valence-electron chi connectivity index (χ4n) is 1.42. The first kappa shape index (κ1) is 14.1. The topological polar surface area (TPSA) is 12.0 Å². The van der Waals surface area contributed by atoms with E-state index in [0.717, 1.165) is 13.1 Å². The van der Waals surface area contributed by atoms with E-state index in [9.17, 15) is 0 Å². The summed E-state index contributed by atoms with van der Waals surface area (Å²) >= 11 is 5.49. The first-order valence-corrected chi connectivity index (χ1v) is 7.67. The maximum atomic E-state index is 3.54. The van der Waals surface area contributed by atoms with Crippen LogP contribution in [0, 0.1) is 0 Å². The second-order valence-electron chi connectivity index (χ2n) is 3.78. The molecule has 1 aromatic carbocycles. The van der Waals surface area contributed by atoms with Crippen LogP contribution in [0.4, 0.5) is 0 Å². The normalized spacial score (nSPS) is 10.7. The van der Waals surface area contributed by atoms with Gasteiger partial charge in [-0.2, -0.15) is 0 Å². The molecule has 1 aromatic rings. The molecular formula is C13H20BrNS. The van der Waals surface area contributed by atoms with Gasteiger partial charge < -0.3 is 5.32 Å². The third-order valence-electron chi connectivity index (χ3n) is 2.23. The third kappa shape index (κ3) is 4.89. The van der Waals surface area contributed by atoms with E-state index in [2.05, 4.69) is 53.3 Å². The van der Waals surface area contributed by atoms with Crippen LogP contribution in [0.2, 0.25) is 0 Å². The zero-order chi connectivity index (χ0) is 11.8. The molecule has 0 bridgehead atoms. The predicted octanol–water partition coefficient (Wildman–Crippen LogP) is 4.45. The average molecular weight is 302 g/mol. The summed E-state index contributed by atoms with van der Waals surface area (Å²) in [7, 11) is 0. The molecule has 90 valence electrons. The molecule has 0 saturated carbocycles. The Morgan fingerprint density at radius 2 is 2.06 bits per heavy atom. The lowest BCUT2D eigenvalue weighted by Crippen LogP contribution is -2.14. The first-order valence-electron chi connectivity index (χ1n) is 5.89. The summed E-state index contributed by atoms with van der Waals surface area (Å²) in [5.74, 6) is 1.19. The molecule has 0 saturated heterocycles. The standard InChI is InChI=1S/C13H20BrNS/c1-3-7-15-10-11-5-6-12(14)9-13(11)16-8-4-2/h5-6,9,15H,3-4,7-8,10H2,1-2H3. The van der Waals surface area contributed by atoms with Gasteiger partial charge in [0.15, 0.2) is 0 Å². The van der Waals surface area contributed by atoms with E-state index in [1.54, 1.807) is 0 Å². The van der Waals surface area contributed by atoms with Gasteiger partial charge in [-0.05, 0) is 42.8 Å². The van der Waals surface area contributed by atoms with Crippen molar-refractivity contribution in [3.8, 4) is 0 Å². The second kappa shape index (κ2) is 8.15. The molecule has 0 aromatic heterocycles. The van der Waals surface area contributed by atoms with Gasteiger partial charge in [0.25, 0.3) is 0 Å². The summed E-state index contributed by atoms with van der Waals surface area (Å²) in [5.41, 5.74) is 1.41. The van der Waals surface area contributed by atoms with E-state index < -0.39 is 0 Å². The van der Waals surface area contributed by atoms with Crippen LogP contribution in [0.1, 0.15) is 32.3 Å². The summed E-state index contributed by atoms with van der Waals surface area (Å²) < 4.78 is 1.17. The van der Waals surface area contributed by atoms with Crippen molar-refractivity contribution in [2.24, 2.45) is 0 Å². The number of rotatable bonds is 7. The molecule has 1 nitrogen and oxygen atoms in total. The number of nitrogens with one attached hydrogen (secondary N) is 1.